The van der Waals surface area contributed by atoms with Gasteiger partial charge in [-0.1, -0.05) is 51.4 Å². The molecule has 2 aromatic heterocycles. The molecule has 1 aliphatic rings. The Kier molecular flexibility index (Phi) is 6.88. The molecule has 150 valence electrons. The average Bonchev–Trinajstić information content (AvgIpc) is 3.40. The molecule has 1 atom stereocenters. The molecule has 1 saturated heterocycles. The Balaban J connectivity index is 1.35. The van der Waals surface area contributed by atoms with Crippen molar-refractivity contribution in [2.45, 2.75) is 76.9 Å². The summed E-state index contributed by atoms with van der Waals surface area (Å²) in [6, 6.07) is 0. The van der Waals surface area contributed by atoms with E-state index in [9.17, 15) is 9.59 Å². The van der Waals surface area contributed by atoms with Crippen molar-refractivity contribution in [2.24, 2.45) is 14.1 Å². The van der Waals surface area contributed by atoms with Crippen LogP contribution in [0.2, 0.25) is 0 Å². The Bertz CT molecular complexity index is 860. The number of nitrogens with zero attached hydrogens (tertiary/aromatic N) is 4. The lowest BCUT2D eigenvalue weighted by Gasteiger charge is -2.08. The summed E-state index contributed by atoms with van der Waals surface area (Å²) in [7, 11) is 3.45. The SMILES string of the molecule is Cn1cnc2c1c(=O)n(CCCCCCCCCCCC1CO1)c(=O)n2C. The minimum absolute atomic E-state index is 0.232. The zero-order valence-corrected chi connectivity index (χ0v) is 16.7. The maximum Gasteiger partial charge on any atom is 0.332 e. The number of hydrogen-bond acceptors (Lipinski definition) is 4. The minimum Gasteiger partial charge on any atom is -0.373 e. The number of ether oxygens (including phenoxy) is 1. The van der Waals surface area contributed by atoms with E-state index in [1.807, 2.05) is 0 Å². The van der Waals surface area contributed by atoms with Gasteiger partial charge >= 0.3 is 5.69 Å². The third-order valence-corrected chi connectivity index (χ3v) is 5.51. The van der Waals surface area contributed by atoms with Crippen LogP contribution in [0.25, 0.3) is 11.2 Å². The summed E-state index contributed by atoms with van der Waals surface area (Å²) in [6.07, 6.45) is 14.2. The van der Waals surface area contributed by atoms with Crippen LogP contribution < -0.4 is 11.2 Å². The first-order valence-electron chi connectivity index (χ1n) is 10.3. The van der Waals surface area contributed by atoms with Gasteiger partial charge in [-0.05, 0) is 12.8 Å². The predicted octanol–water partition coefficient (Wildman–Crippen LogP) is 2.73. The summed E-state index contributed by atoms with van der Waals surface area (Å²) < 4.78 is 9.73. The van der Waals surface area contributed by atoms with Crippen LogP contribution >= 0.6 is 0 Å². The number of unbranched alkanes of at least 4 members (excludes halogenated alkanes) is 8. The molecule has 27 heavy (non-hydrogen) atoms. The van der Waals surface area contributed by atoms with E-state index in [1.165, 1.54) is 60.5 Å². The first kappa shape index (κ1) is 19.9. The van der Waals surface area contributed by atoms with Gasteiger partial charge in [-0.25, -0.2) is 9.78 Å². The first-order valence-corrected chi connectivity index (χ1v) is 10.3. The third-order valence-electron chi connectivity index (χ3n) is 5.51. The lowest BCUT2D eigenvalue weighted by Crippen LogP contribution is -2.39. The highest BCUT2D eigenvalue weighted by molar-refractivity contribution is 5.69. The summed E-state index contributed by atoms with van der Waals surface area (Å²) >= 11 is 0. The van der Waals surface area contributed by atoms with Gasteiger partial charge in [0.1, 0.15) is 0 Å². The van der Waals surface area contributed by atoms with E-state index in [0.29, 0.717) is 23.8 Å². The molecule has 1 aliphatic heterocycles. The third kappa shape index (κ3) is 5.09. The van der Waals surface area contributed by atoms with E-state index in [4.69, 9.17) is 4.74 Å². The molecule has 1 unspecified atom stereocenters. The number of aryl methyl sites for hydroxylation is 2. The van der Waals surface area contributed by atoms with Crippen LogP contribution in [0.5, 0.6) is 0 Å². The van der Waals surface area contributed by atoms with Gasteiger partial charge in [0, 0.05) is 20.6 Å². The van der Waals surface area contributed by atoms with E-state index in [0.717, 1.165) is 19.4 Å². The van der Waals surface area contributed by atoms with Gasteiger partial charge in [-0.3, -0.25) is 13.9 Å². The summed E-state index contributed by atoms with van der Waals surface area (Å²) in [5.41, 5.74) is 0.436. The molecule has 3 heterocycles. The largest absolute Gasteiger partial charge is 0.373 e. The van der Waals surface area contributed by atoms with Crippen molar-refractivity contribution in [3.8, 4) is 0 Å². The van der Waals surface area contributed by atoms with Crippen molar-refractivity contribution < 1.29 is 4.74 Å². The van der Waals surface area contributed by atoms with E-state index in [1.54, 1.807) is 25.0 Å². The maximum atomic E-state index is 12.6. The van der Waals surface area contributed by atoms with Crippen LogP contribution in [-0.2, 0) is 25.4 Å². The predicted molar refractivity (Wildman–Crippen MR) is 106 cm³/mol. The quantitative estimate of drug-likeness (QED) is 0.422. The average molecular weight is 377 g/mol. The minimum atomic E-state index is -0.275. The van der Waals surface area contributed by atoms with Crippen molar-refractivity contribution >= 4 is 11.2 Å². The molecule has 0 aliphatic carbocycles. The van der Waals surface area contributed by atoms with E-state index in [-0.39, 0.29) is 11.2 Å². The van der Waals surface area contributed by atoms with Crippen molar-refractivity contribution in [3.63, 3.8) is 0 Å². The normalized spacial score (nSPS) is 16.3. The van der Waals surface area contributed by atoms with Gasteiger partial charge in [-0.2, -0.15) is 0 Å². The molecule has 0 saturated carbocycles. The highest BCUT2D eigenvalue weighted by Crippen LogP contribution is 2.18. The van der Waals surface area contributed by atoms with Gasteiger partial charge in [0.2, 0.25) is 0 Å². The summed E-state index contributed by atoms with van der Waals surface area (Å²) in [5, 5.41) is 0. The van der Waals surface area contributed by atoms with E-state index >= 15 is 0 Å². The summed E-state index contributed by atoms with van der Waals surface area (Å²) in [6.45, 7) is 1.46. The molecule has 0 amide bonds. The lowest BCUT2D eigenvalue weighted by molar-refractivity contribution is 0.387. The van der Waals surface area contributed by atoms with Crippen LogP contribution in [0, 0.1) is 0 Å². The Morgan fingerprint density at radius 1 is 1.00 bits per heavy atom. The molecule has 7 nitrogen and oxygen atoms in total. The van der Waals surface area contributed by atoms with Crippen LogP contribution in [0.3, 0.4) is 0 Å². The van der Waals surface area contributed by atoms with E-state index in [2.05, 4.69) is 4.98 Å². The Morgan fingerprint density at radius 2 is 1.59 bits per heavy atom. The Hall–Kier alpha value is -1.89. The van der Waals surface area contributed by atoms with Gasteiger partial charge < -0.3 is 9.30 Å². The highest BCUT2D eigenvalue weighted by Gasteiger charge is 2.20. The Labute approximate surface area is 160 Å². The number of imidazole rings is 1. The Morgan fingerprint density at radius 3 is 2.22 bits per heavy atom. The second kappa shape index (κ2) is 9.35. The van der Waals surface area contributed by atoms with E-state index < -0.39 is 0 Å². The van der Waals surface area contributed by atoms with Crippen LogP contribution in [-0.4, -0.2) is 31.4 Å². The molecule has 2 aromatic rings. The van der Waals surface area contributed by atoms with Crippen molar-refractivity contribution in [2.75, 3.05) is 6.61 Å². The zero-order chi connectivity index (χ0) is 19.2. The maximum absolute atomic E-state index is 12.6. The first-order chi connectivity index (χ1) is 13.1. The number of aromatic nitrogens is 4. The van der Waals surface area contributed by atoms with Crippen molar-refractivity contribution in [1.82, 2.24) is 18.7 Å². The van der Waals surface area contributed by atoms with Gasteiger partial charge in [-0.15, -0.1) is 0 Å². The number of epoxide rings is 1. The van der Waals surface area contributed by atoms with Gasteiger partial charge in [0.15, 0.2) is 11.2 Å². The van der Waals surface area contributed by atoms with Crippen molar-refractivity contribution in [1.29, 1.82) is 0 Å². The second-order valence-electron chi connectivity index (χ2n) is 7.75. The topological polar surface area (TPSA) is 74.3 Å². The van der Waals surface area contributed by atoms with Gasteiger partial charge in [0.25, 0.3) is 5.56 Å². The summed E-state index contributed by atoms with van der Waals surface area (Å²) in [5.74, 6) is 0. The van der Waals surface area contributed by atoms with Crippen LogP contribution in [0.15, 0.2) is 15.9 Å². The lowest BCUT2D eigenvalue weighted by atomic mass is 10.1. The molecule has 7 heteroatoms. The smallest absolute Gasteiger partial charge is 0.332 e. The molecular weight excluding hydrogens is 344 g/mol. The highest BCUT2D eigenvalue weighted by atomic mass is 16.6. The second-order valence-corrected chi connectivity index (χ2v) is 7.75. The monoisotopic (exact) mass is 376 g/mol. The fourth-order valence-electron chi connectivity index (χ4n) is 3.71. The zero-order valence-electron chi connectivity index (χ0n) is 16.7. The number of fused-ring (bicyclic) bond motifs is 1. The summed E-state index contributed by atoms with van der Waals surface area (Å²) in [4.78, 5) is 29.2. The molecule has 0 aromatic carbocycles. The van der Waals surface area contributed by atoms with Crippen molar-refractivity contribution in [3.05, 3.63) is 27.2 Å². The molecule has 1 fully saturated rings. The van der Waals surface area contributed by atoms with Crippen LogP contribution in [0.1, 0.15) is 64.2 Å². The molecule has 0 radical (unpaired) electrons. The van der Waals surface area contributed by atoms with Gasteiger partial charge in [0.05, 0.1) is 19.0 Å². The number of hydrogen-bond donors (Lipinski definition) is 0. The number of rotatable bonds is 12. The molecule has 0 spiro atoms. The fourth-order valence-corrected chi connectivity index (χ4v) is 3.71. The molecular formula is C20H32N4O3. The fraction of sp³-hybridized carbons (Fsp3) is 0.750. The van der Waals surface area contributed by atoms with Crippen LogP contribution in [0.4, 0.5) is 0 Å². The molecule has 0 N–H and O–H groups in total. The molecule has 0 bridgehead atoms. The molecule has 3 rings (SSSR count). The standard InChI is InChI=1S/C20H32N4O3/c1-22-15-21-18-17(22)19(25)24(20(26)23(18)2)13-11-9-7-5-3-4-6-8-10-12-16-14-27-16/h15-16H,3-14H2,1-2H3.